The van der Waals surface area contributed by atoms with Gasteiger partial charge in [-0.25, -0.2) is 0 Å². The standard InChI is InChI=1S/C21H19Cl2N3O3/c22-16-6-8-18(9-7-16)28-13-19(27)26-10-2-4-15(12-26)21-24-20(25-29-21)14-3-1-5-17(23)11-14/h1,3,5-9,11,15H,2,4,10,12-13H2. The molecular weight excluding hydrogens is 413 g/mol. The highest BCUT2D eigenvalue weighted by molar-refractivity contribution is 6.31. The Labute approximate surface area is 178 Å². The van der Waals surface area contributed by atoms with Gasteiger partial charge in [0.25, 0.3) is 5.91 Å². The molecule has 29 heavy (non-hydrogen) atoms. The van der Waals surface area contributed by atoms with Crippen molar-refractivity contribution in [3.8, 4) is 17.1 Å². The molecule has 6 nitrogen and oxygen atoms in total. The van der Waals surface area contributed by atoms with Crippen LogP contribution in [-0.2, 0) is 4.79 Å². The quantitative estimate of drug-likeness (QED) is 0.578. The Morgan fingerprint density at radius 3 is 2.79 bits per heavy atom. The molecular formula is C21H19Cl2N3O3. The van der Waals surface area contributed by atoms with Gasteiger partial charge in [0.1, 0.15) is 5.75 Å². The number of carbonyl (C=O) groups is 1. The molecule has 2 aromatic carbocycles. The number of rotatable bonds is 5. The van der Waals surface area contributed by atoms with Crippen LogP contribution in [0, 0.1) is 0 Å². The lowest BCUT2D eigenvalue weighted by atomic mass is 9.98. The Morgan fingerprint density at radius 2 is 2.00 bits per heavy atom. The van der Waals surface area contributed by atoms with Crippen molar-refractivity contribution >= 4 is 29.1 Å². The number of hydrogen-bond acceptors (Lipinski definition) is 5. The zero-order valence-corrected chi connectivity index (χ0v) is 17.1. The van der Waals surface area contributed by atoms with E-state index >= 15 is 0 Å². The molecule has 1 saturated heterocycles. The minimum Gasteiger partial charge on any atom is -0.484 e. The maximum absolute atomic E-state index is 12.6. The van der Waals surface area contributed by atoms with Gasteiger partial charge >= 0.3 is 0 Å². The van der Waals surface area contributed by atoms with Crippen molar-refractivity contribution in [3.63, 3.8) is 0 Å². The van der Waals surface area contributed by atoms with Crippen LogP contribution in [0.4, 0.5) is 0 Å². The van der Waals surface area contributed by atoms with Crippen LogP contribution in [0.5, 0.6) is 5.75 Å². The largest absolute Gasteiger partial charge is 0.484 e. The number of aromatic nitrogens is 2. The third-order valence-electron chi connectivity index (χ3n) is 4.82. The van der Waals surface area contributed by atoms with Crippen molar-refractivity contribution in [2.45, 2.75) is 18.8 Å². The first-order chi connectivity index (χ1) is 14.1. The molecule has 0 N–H and O–H groups in total. The average Bonchev–Trinajstić information content (AvgIpc) is 3.24. The van der Waals surface area contributed by atoms with Gasteiger partial charge in [-0.05, 0) is 49.2 Å². The van der Waals surface area contributed by atoms with E-state index in [1.807, 2.05) is 12.1 Å². The molecule has 1 unspecified atom stereocenters. The number of ether oxygens (including phenoxy) is 1. The van der Waals surface area contributed by atoms with Crippen molar-refractivity contribution in [1.82, 2.24) is 15.0 Å². The second-order valence-corrected chi connectivity index (χ2v) is 7.76. The summed E-state index contributed by atoms with van der Waals surface area (Å²) in [5, 5.41) is 5.31. The minimum absolute atomic E-state index is 0.00339. The fourth-order valence-electron chi connectivity index (χ4n) is 3.32. The normalized spacial score (nSPS) is 16.6. The molecule has 3 aromatic rings. The summed E-state index contributed by atoms with van der Waals surface area (Å²) in [5.74, 6) is 1.58. The third-order valence-corrected chi connectivity index (χ3v) is 5.31. The van der Waals surface area contributed by atoms with E-state index < -0.39 is 0 Å². The number of piperidine rings is 1. The summed E-state index contributed by atoms with van der Waals surface area (Å²) in [5.41, 5.74) is 0.799. The molecule has 0 spiro atoms. The van der Waals surface area contributed by atoms with Crippen LogP contribution in [0.2, 0.25) is 10.0 Å². The van der Waals surface area contributed by atoms with Gasteiger partial charge in [-0.2, -0.15) is 4.98 Å². The molecule has 4 rings (SSSR count). The average molecular weight is 432 g/mol. The maximum Gasteiger partial charge on any atom is 0.260 e. The van der Waals surface area contributed by atoms with Gasteiger partial charge in [-0.3, -0.25) is 4.79 Å². The molecule has 1 atom stereocenters. The maximum atomic E-state index is 12.6. The lowest BCUT2D eigenvalue weighted by molar-refractivity contribution is -0.134. The zero-order chi connectivity index (χ0) is 20.2. The Bertz CT molecular complexity index is 991. The summed E-state index contributed by atoms with van der Waals surface area (Å²) in [6.07, 6.45) is 1.76. The van der Waals surface area contributed by atoms with E-state index in [0.717, 1.165) is 18.4 Å². The molecule has 1 amide bonds. The SMILES string of the molecule is O=C(COc1ccc(Cl)cc1)N1CCCC(c2nc(-c3cccc(Cl)c3)no2)C1. The van der Waals surface area contributed by atoms with Gasteiger partial charge in [0.15, 0.2) is 6.61 Å². The van der Waals surface area contributed by atoms with E-state index in [4.69, 9.17) is 32.5 Å². The fourth-order valence-corrected chi connectivity index (χ4v) is 3.63. The first kappa shape index (κ1) is 19.7. The highest BCUT2D eigenvalue weighted by Gasteiger charge is 2.29. The van der Waals surface area contributed by atoms with Gasteiger partial charge in [0.2, 0.25) is 11.7 Å². The number of hydrogen-bond donors (Lipinski definition) is 0. The zero-order valence-electron chi connectivity index (χ0n) is 15.6. The molecule has 0 aliphatic carbocycles. The molecule has 0 bridgehead atoms. The minimum atomic E-state index is -0.0702. The summed E-state index contributed by atoms with van der Waals surface area (Å²) >= 11 is 11.9. The first-order valence-corrected chi connectivity index (χ1v) is 10.1. The summed E-state index contributed by atoms with van der Waals surface area (Å²) in [7, 11) is 0. The molecule has 1 aliphatic rings. The van der Waals surface area contributed by atoms with Crippen molar-refractivity contribution in [1.29, 1.82) is 0 Å². The lowest BCUT2D eigenvalue weighted by Crippen LogP contribution is -2.41. The number of carbonyl (C=O) groups excluding carboxylic acids is 1. The van der Waals surface area contributed by atoms with Crippen LogP contribution in [0.25, 0.3) is 11.4 Å². The van der Waals surface area contributed by atoms with E-state index in [1.165, 1.54) is 0 Å². The topological polar surface area (TPSA) is 68.5 Å². The lowest BCUT2D eigenvalue weighted by Gasteiger charge is -2.30. The number of nitrogens with zero attached hydrogens (tertiary/aromatic N) is 3. The molecule has 0 saturated carbocycles. The van der Waals surface area contributed by atoms with Crippen LogP contribution < -0.4 is 4.74 Å². The smallest absolute Gasteiger partial charge is 0.260 e. The van der Waals surface area contributed by atoms with Gasteiger partial charge in [-0.15, -0.1) is 0 Å². The highest BCUT2D eigenvalue weighted by atomic mass is 35.5. The third kappa shape index (κ3) is 4.89. The van der Waals surface area contributed by atoms with Crippen LogP contribution in [-0.4, -0.2) is 40.6 Å². The fraction of sp³-hybridized carbons (Fsp3) is 0.286. The second kappa shape index (κ2) is 8.84. The van der Waals surface area contributed by atoms with Crippen LogP contribution in [0.1, 0.15) is 24.7 Å². The predicted molar refractivity (Wildman–Crippen MR) is 110 cm³/mol. The Morgan fingerprint density at radius 1 is 1.17 bits per heavy atom. The van der Waals surface area contributed by atoms with Gasteiger partial charge in [0, 0.05) is 28.7 Å². The molecule has 1 aromatic heterocycles. The van der Waals surface area contributed by atoms with Gasteiger partial charge in [-0.1, -0.05) is 40.5 Å². The molecule has 1 aliphatic heterocycles. The van der Waals surface area contributed by atoms with Gasteiger partial charge < -0.3 is 14.2 Å². The molecule has 0 radical (unpaired) electrons. The van der Waals surface area contributed by atoms with Crippen LogP contribution >= 0.6 is 23.2 Å². The number of benzene rings is 2. The second-order valence-electron chi connectivity index (χ2n) is 6.89. The molecule has 8 heteroatoms. The van der Waals surface area contributed by atoms with E-state index in [9.17, 15) is 4.79 Å². The van der Waals surface area contributed by atoms with E-state index in [-0.39, 0.29) is 18.4 Å². The molecule has 150 valence electrons. The van der Waals surface area contributed by atoms with E-state index in [2.05, 4.69) is 10.1 Å². The Kier molecular flexibility index (Phi) is 6.02. The van der Waals surface area contributed by atoms with Crippen molar-refractivity contribution < 1.29 is 14.1 Å². The highest BCUT2D eigenvalue weighted by Crippen LogP contribution is 2.28. The summed E-state index contributed by atoms with van der Waals surface area (Å²) in [6, 6.07) is 14.2. The van der Waals surface area contributed by atoms with Crippen molar-refractivity contribution in [2.75, 3.05) is 19.7 Å². The molecule has 2 heterocycles. The van der Waals surface area contributed by atoms with Crippen LogP contribution in [0.15, 0.2) is 53.1 Å². The summed E-state index contributed by atoms with van der Waals surface area (Å²) in [6.45, 7) is 1.19. The summed E-state index contributed by atoms with van der Waals surface area (Å²) < 4.78 is 11.1. The monoisotopic (exact) mass is 431 g/mol. The predicted octanol–water partition coefficient (Wildman–Crippen LogP) is 4.83. The Hall–Kier alpha value is -2.57. The van der Waals surface area contributed by atoms with E-state index in [1.54, 1.807) is 41.3 Å². The van der Waals surface area contributed by atoms with Gasteiger partial charge in [0.05, 0.1) is 5.92 Å². The van der Waals surface area contributed by atoms with Crippen molar-refractivity contribution in [3.05, 3.63) is 64.5 Å². The number of amides is 1. The molecule has 1 fully saturated rings. The number of halogens is 2. The van der Waals surface area contributed by atoms with Crippen molar-refractivity contribution in [2.24, 2.45) is 0 Å². The summed E-state index contributed by atoms with van der Waals surface area (Å²) in [4.78, 5) is 18.9. The van der Waals surface area contributed by atoms with E-state index in [0.29, 0.717) is 40.6 Å². The first-order valence-electron chi connectivity index (χ1n) is 9.34. The number of likely N-dealkylation sites (tertiary alicyclic amines) is 1. The van der Waals surface area contributed by atoms with Crippen LogP contribution in [0.3, 0.4) is 0 Å². The Balaban J connectivity index is 1.38.